The van der Waals surface area contributed by atoms with Crippen molar-refractivity contribution >= 4 is 38.9 Å². The van der Waals surface area contributed by atoms with E-state index in [9.17, 15) is 14.7 Å². The predicted molar refractivity (Wildman–Crippen MR) is 83.3 cm³/mol. The second-order valence-corrected chi connectivity index (χ2v) is 5.35. The minimum absolute atomic E-state index is 0.0429. The number of aromatic nitrogens is 1. The number of pyridine rings is 1. The van der Waals surface area contributed by atoms with Crippen molar-refractivity contribution in [3.8, 4) is 5.88 Å². The number of hydrogen-bond donors (Lipinski definition) is 3. The molecule has 1 aromatic carbocycles. The summed E-state index contributed by atoms with van der Waals surface area (Å²) in [5.74, 6) is -1.13. The van der Waals surface area contributed by atoms with E-state index in [1.165, 1.54) is 6.21 Å². The summed E-state index contributed by atoms with van der Waals surface area (Å²) in [5.41, 5.74) is 0.0271. The van der Waals surface area contributed by atoms with Crippen molar-refractivity contribution in [1.82, 2.24) is 4.98 Å². The summed E-state index contributed by atoms with van der Waals surface area (Å²) in [6.07, 6.45) is 1.90. The summed E-state index contributed by atoms with van der Waals surface area (Å²) in [6, 6.07) is 5.12. The summed E-state index contributed by atoms with van der Waals surface area (Å²) >= 11 is 3.32. The van der Waals surface area contributed by atoms with Gasteiger partial charge in [-0.1, -0.05) is 15.9 Å². The van der Waals surface area contributed by atoms with Gasteiger partial charge in [-0.2, -0.15) is 0 Å². The highest BCUT2D eigenvalue weighted by atomic mass is 79.9. The standard InChI is InChI=1S/C14H13BrN2O4/c15-8-3-4-9-10(6-8)11(14(21)17-13(9)20)7-16-5-1-2-12(18)19/h3-4,6-7H,1-2,5H2,(H,18,19)(H2,17,20,21). The molecule has 2 rings (SSSR count). The molecule has 0 saturated carbocycles. The minimum Gasteiger partial charge on any atom is -0.494 e. The zero-order valence-electron chi connectivity index (χ0n) is 11.0. The zero-order valence-corrected chi connectivity index (χ0v) is 12.6. The van der Waals surface area contributed by atoms with E-state index in [0.717, 1.165) is 4.47 Å². The number of hydrogen-bond acceptors (Lipinski definition) is 4. The molecule has 0 aliphatic carbocycles. The highest BCUT2D eigenvalue weighted by Gasteiger charge is 2.09. The van der Waals surface area contributed by atoms with Gasteiger partial charge in [-0.3, -0.25) is 19.6 Å². The third-order valence-electron chi connectivity index (χ3n) is 2.90. The van der Waals surface area contributed by atoms with Gasteiger partial charge in [-0.25, -0.2) is 0 Å². The quantitative estimate of drug-likeness (QED) is 0.567. The zero-order chi connectivity index (χ0) is 15.4. The molecule has 6 nitrogen and oxygen atoms in total. The lowest BCUT2D eigenvalue weighted by molar-refractivity contribution is -0.137. The molecule has 0 radical (unpaired) electrons. The number of aromatic amines is 1. The Morgan fingerprint density at radius 3 is 2.86 bits per heavy atom. The molecule has 0 bridgehead atoms. The van der Waals surface area contributed by atoms with E-state index in [1.54, 1.807) is 18.2 Å². The van der Waals surface area contributed by atoms with Gasteiger partial charge in [0.2, 0.25) is 5.88 Å². The van der Waals surface area contributed by atoms with Crippen LogP contribution in [0.25, 0.3) is 10.8 Å². The number of rotatable bonds is 5. The second-order valence-electron chi connectivity index (χ2n) is 4.44. The normalized spacial score (nSPS) is 11.3. The predicted octanol–water partition coefficient (Wildman–Crippen LogP) is 2.28. The first-order chi connectivity index (χ1) is 9.99. The second kappa shape index (κ2) is 6.53. The number of fused-ring (bicyclic) bond motifs is 1. The highest BCUT2D eigenvalue weighted by Crippen LogP contribution is 2.24. The van der Waals surface area contributed by atoms with Crippen LogP contribution < -0.4 is 5.56 Å². The number of benzene rings is 1. The molecule has 0 aliphatic heterocycles. The topological polar surface area (TPSA) is 103 Å². The summed E-state index contributed by atoms with van der Waals surface area (Å²) in [7, 11) is 0. The first kappa shape index (κ1) is 15.2. The van der Waals surface area contributed by atoms with Crippen molar-refractivity contribution in [2.24, 2.45) is 4.99 Å². The summed E-state index contributed by atoms with van der Waals surface area (Å²) in [6.45, 7) is 0.334. The minimum atomic E-state index is -0.869. The van der Waals surface area contributed by atoms with Crippen LogP contribution in [0.3, 0.4) is 0 Å². The lowest BCUT2D eigenvalue weighted by Gasteiger charge is -2.05. The Bertz CT molecular complexity index is 767. The first-order valence-corrected chi connectivity index (χ1v) is 7.04. The van der Waals surface area contributed by atoms with Crippen molar-refractivity contribution in [2.75, 3.05) is 6.54 Å². The first-order valence-electron chi connectivity index (χ1n) is 6.25. The van der Waals surface area contributed by atoms with E-state index in [2.05, 4.69) is 25.9 Å². The molecular formula is C14H13BrN2O4. The van der Waals surface area contributed by atoms with Crippen LogP contribution in [0.1, 0.15) is 18.4 Å². The van der Waals surface area contributed by atoms with Crippen LogP contribution in [-0.2, 0) is 4.79 Å². The lowest BCUT2D eigenvalue weighted by atomic mass is 10.1. The van der Waals surface area contributed by atoms with Crippen molar-refractivity contribution in [3.05, 3.63) is 38.6 Å². The van der Waals surface area contributed by atoms with Gasteiger partial charge in [0.1, 0.15) is 0 Å². The van der Waals surface area contributed by atoms with E-state index in [4.69, 9.17) is 5.11 Å². The maximum atomic E-state index is 11.8. The Labute approximate surface area is 128 Å². The number of aromatic hydroxyl groups is 1. The molecule has 1 heterocycles. The number of halogens is 1. The molecule has 3 N–H and O–H groups in total. The number of H-pyrrole nitrogens is 1. The van der Waals surface area contributed by atoms with Crippen molar-refractivity contribution in [1.29, 1.82) is 0 Å². The van der Waals surface area contributed by atoms with Crippen LogP contribution in [0, 0.1) is 0 Å². The number of aliphatic imine (C=N–C) groups is 1. The Balaban J connectivity index is 2.34. The van der Waals surface area contributed by atoms with E-state index in [0.29, 0.717) is 29.3 Å². The van der Waals surface area contributed by atoms with Crippen LogP contribution in [0.4, 0.5) is 0 Å². The highest BCUT2D eigenvalue weighted by molar-refractivity contribution is 9.10. The average molecular weight is 353 g/mol. The molecule has 0 fully saturated rings. The Morgan fingerprint density at radius 2 is 2.14 bits per heavy atom. The Morgan fingerprint density at radius 1 is 1.38 bits per heavy atom. The van der Waals surface area contributed by atoms with Gasteiger partial charge in [0.05, 0.1) is 5.56 Å². The molecular weight excluding hydrogens is 340 g/mol. The van der Waals surface area contributed by atoms with Gasteiger partial charge < -0.3 is 10.2 Å². The van der Waals surface area contributed by atoms with Crippen molar-refractivity contribution in [3.63, 3.8) is 0 Å². The number of carboxylic acids is 1. The molecule has 21 heavy (non-hydrogen) atoms. The summed E-state index contributed by atoms with van der Waals surface area (Å²) in [5, 5.41) is 19.4. The lowest BCUT2D eigenvalue weighted by Crippen LogP contribution is -2.08. The Kier molecular flexibility index (Phi) is 4.74. The molecule has 0 amide bonds. The molecule has 0 aliphatic rings. The molecule has 2 aromatic rings. The van der Waals surface area contributed by atoms with Crippen molar-refractivity contribution in [2.45, 2.75) is 12.8 Å². The van der Waals surface area contributed by atoms with Gasteiger partial charge in [0.25, 0.3) is 5.56 Å². The molecule has 1 aromatic heterocycles. The molecule has 0 atom stereocenters. The average Bonchev–Trinajstić information content (AvgIpc) is 2.41. The molecule has 0 unspecified atom stereocenters. The van der Waals surface area contributed by atoms with Crippen LogP contribution >= 0.6 is 15.9 Å². The van der Waals surface area contributed by atoms with Crippen LogP contribution in [0.2, 0.25) is 0 Å². The fraction of sp³-hybridized carbons (Fsp3) is 0.214. The SMILES string of the molecule is O=C(O)CCCN=Cc1c(O)[nH]c(=O)c2ccc(Br)cc12. The molecule has 7 heteroatoms. The van der Waals surface area contributed by atoms with Crippen LogP contribution in [-0.4, -0.2) is 33.9 Å². The monoisotopic (exact) mass is 352 g/mol. The fourth-order valence-electron chi connectivity index (χ4n) is 1.92. The maximum Gasteiger partial charge on any atom is 0.303 e. The van der Waals surface area contributed by atoms with Crippen LogP contribution in [0.5, 0.6) is 5.88 Å². The number of nitrogens with one attached hydrogen (secondary N) is 1. The number of carbonyl (C=O) groups is 1. The third-order valence-corrected chi connectivity index (χ3v) is 3.39. The van der Waals surface area contributed by atoms with E-state index in [-0.39, 0.29) is 17.9 Å². The molecule has 110 valence electrons. The fourth-order valence-corrected chi connectivity index (χ4v) is 2.28. The largest absolute Gasteiger partial charge is 0.494 e. The molecule has 0 saturated heterocycles. The number of carboxylic acid groups (broad SMARTS) is 1. The summed E-state index contributed by atoms with van der Waals surface area (Å²) in [4.78, 5) is 28.6. The van der Waals surface area contributed by atoms with Gasteiger partial charge in [-0.15, -0.1) is 0 Å². The maximum absolute atomic E-state index is 11.8. The van der Waals surface area contributed by atoms with Crippen LogP contribution in [0.15, 0.2) is 32.5 Å². The summed E-state index contributed by atoms with van der Waals surface area (Å²) < 4.78 is 0.778. The van der Waals surface area contributed by atoms with E-state index in [1.807, 2.05) is 0 Å². The van der Waals surface area contributed by atoms with Gasteiger partial charge in [-0.05, 0) is 24.6 Å². The van der Waals surface area contributed by atoms with E-state index >= 15 is 0 Å². The Hall–Kier alpha value is -2.15. The van der Waals surface area contributed by atoms with Gasteiger partial charge in [0.15, 0.2) is 0 Å². The van der Waals surface area contributed by atoms with E-state index < -0.39 is 5.97 Å². The van der Waals surface area contributed by atoms with Gasteiger partial charge >= 0.3 is 5.97 Å². The van der Waals surface area contributed by atoms with Crippen molar-refractivity contribution < 1.29 is 15.0 Å². The molecule has 0 spiro atoms. The van der Waals surface area contributed by atoms with Gasteiger partial charge in [0, 0.05) is 34.4 Å². The number of aliphatic carboxylic acids is 1. The third kappa shape index (κ3) is 3.69. The smallest absolute Gasteiger partial charge is 0.303 e. The number of nitrogens with zero attached hydrogens (tertiary/aromatic N) is 1.